The molecule has 2 aromatic carbocycles. The quantitative estimate of drug-likeness (QED) is 0.503. The Kier molecular flexibility index (Phi) is 3.03. The average Bonchev–Trinajstić information content (AvgIpc) is 2.94. The maximum atomic E-state index is 10.7. The molecular formula is C13H9N5O3. The van der Waals surface area contributed by atoms with Crippen molar-refractivity contribution in [2.45, 2.75) is 0 Å². The van der Waals surface area contributed by atoms with Crippen LogP contribution in [0.25, 0.3) is 11.0 Å². The first-order chi connectivity index (χ1) is 10.2. The molecule has 0 saturated carbocycles. The zero-order valence-electron chi connectivity index (χ0n) is 10.6. The van der Waals surface area contributed by atoms with Crippen molar-refractivity contribution in [1.82, 2.24) is 15.4 Å². The monoisotopic (exact) mass is 283 g/mol. The van der Waals surface area contributed by atoms with Crippen LogP contribution in [0.5, 0.6) is 11.5 Å². The third-order valence-electron chi connectivity index (χ3n) is 2.83. The van der Waals surface area contributed by atoms with E-state index in [2.05, 4.69) is 25.6 Å². The van der Waals surface area contributed by atoms with Crippen LogP contribution in [0, 0.1) is 0 Å². The van der Waals surface area contributed by atoms with Crippen LogP contribution in [0.1, 0.15) is 10.4 Å². The predicted octanol–water partition coefficient (Wildman–Crippen LogP) is 2.60. The molecule has 0 fully saturated rings. The molecule has 8 heteroatoms. The number of aromatic hydroxyl groups is 2. The lowest BCUT2D eigenvalue weighted by Gasteiger charge is -2.01. The van der Waals surface area contributed by atoms with Crippen molar-refractivity contribution in [3.63, 3.8) is 0 Å². The summed E-state index contributed by atoms with van der Waals surface area (Å²) in [6.07, 6.45) is 0.468. The highest BCUT2D eigenvalue weighted by Gasteiger charge is 2.07. The van der Waals surface area contributed by atoms with E-state index < -0.39 is 0 Å². The Labute approximate surface area is 117 Å². The van der Waals surface area contributed by atoms with E-state index in [4.69, 9.17) is 0 Å². The van der Waals surface area contributed by atoms with E-state index >= 15 is 0 Å². The number of hydrogen-bond acceptors (Lipinski definition) is 7. The van der Waals surface area contributed by atoms with E-state index in [9.17, 15) is 15.0 Å². The van der Waals surface area contributed by atoms with E-state index in [-0.39, 0.29) is 22.7 Å². The molecule has 3 N–H and O–H groups in total. The van der Waals surface area contributed by atoms with E-state index in [1.54, 1.807) is 18.2 Å². The van der Waals surface area contributed by atoms with Crippen molar-refractivity contribution in [2.24, 2.45) is 10.2 Å². The standard InChI is InChI=1S/C13H9N5O3/c19-6-7-3-11(13(21)5-12(7)20)15-14-8-1-2-9-10(4-8)17-18-16-9/h1-6,20-21H,(H,16,17,18)/b15-14+. The number of H-pyrrole nitrogens is 1. The fourth-order valence-electron chi connectivity index (χ4n) is 1.76. The number of carbonyl (C=O) groups excluding carboxylic acids is 1. The Hall–Kier alpha value is -3.29. The van der Waals surface area contributed by atoms with Gasteiger partial charge in [0.15, 0.2) is 6.29 Å². The summed E-state index contributed by atoms with van der Waals surface area (Å²) < 4.78 is 0. The van der Waals surface area contributed by atoms with E-state index in [0.29, 0.717) is 17.5 Å². The summed E-state index contributed by atoms with van der Waals surface area (Å²) in [6, 6.07) is 7.40. The Morgan fingerprint density at radius 1 is 1.10 bits per heavy atom. The first-order valence-electron chi connectivity index (χ1n) is 5.91. The first kappa shape index (κ1) is 12.7. The second-order valence-electron chi connectivity index (χ2n) is 4.23. The third-order valence-corrected chi connectivity index (χ3v) is 2.83. The van der Waals surface area contributed by atoms with E-state index in [1.165, 1.54) is 6.07 Å². The van der Waals surface area contributed by atoms with Gasteiger partial charge in [0.25, 0.3) is 0 Å². The number of nitrogens with one attached hydrogen (secondary N) is 1. The summed E-state index contributed by atoms with van der Waals surface area (Å²) in [7, 11) is 0. The molecule has 8 nitrogen and oxygen atoms in total. The fraction of sp³-hybridized carbons (Fsp3) is 0. The van der Waals surface area contributed by atoms with Gasteiger partial charge in [0, 0.05) is 6.07 Å². The number of benzene rings is 2. The molecule has 3 aromatic rings. The zero-order chi connectivity index (χ0) is 14.8. The summed E-state index contributed by atoms with van der Waals surface area (Å²) >= 11 is 0. The second-order valence-corrected chi connectivity index (χ2v) is 4.23. The maximum Gasteiger partial charge on any atom is 0.153 e. The van der Waals surface area contributed by atoms with Crippen LogP contribution in [0.2, 0.25) is 0 Å². The van der Waals surface area contributed by atoms with Crippen LogP contribution in [0.4, 0.5) is 11.4 Å². The molecule has 21 heavy (non-hydrogen) atoms. The van der Waals surface area contributed by atoms with Gasteiger partial charge in [-0.3, -0.25) is 9.89 Å². The van der Waals surface area contributed by atoms with Gasteiger partial charge in [-0.25, -0.2) is 0 Å². The molecule has 0 aliphatic rings. The van der Waals surface area contributed by atoms with Crippen LogP contribution in [0.15, 0.2) is 40.6 Å². The van der Waals surface area contributed by atoms with Gasteiger partial charge in [-0.05, 0) is 24.3 Å². The topological polar surface area (TPSA) is 124 Å². The number of carbonyl (C=O) groups is 1. The molecule has 1 heterocycles. The van der Waals surface area contributed by atoms with Gasteiger partial charge in [0.05, 0.1) is 16.8 Å². The van der Waals surface area contributed by atoms with E-state index in [1.807, 2.05) is 0 Å². The minimum absolute atomic E-state index is 0.0219. The van der Waals surface area contributed by atoms with Crippen molar-refractivity contribution in [2.75, 3.05) is 0 Å². The van der Waals surface area contributed by atoms with Gasteiger partial charge in [0.1, 0.15) is 22.7 Å². The van der Waals surface area contributed by atoms with Gasteiger partial charge in [-0.15, -0.1) is 10.2 Å². The summed E-state index contributed by atoms with van der Waals surface area (Å²) in [4.78, 5) is 10.7. The normalized spacial score (nSPS) is 11.2. The number of aldehydes is 1. The van der Waals surface area contributed by atoms with Crippen LogP contribution in [-0.2, 0) is 0 Å². The number of rotatable bonds is 3. The molecule has 0 radical (unpaired) electrons. The number of aromatic amines is 1. The van der Waals surface area contributed by atoms with Crippen molar-refractivity contribution in [3.8, 4) is 11.5 Å². The van der Waals surface area contributed by atoms with Gasteiger partial charge < -0.3 is 10.2 Å². The smallest absolute Gasteiger partial charge is 0.153 e. The van der Waals surface area contributed by atoms with Crippen LogP contribution in [0.3, 0.4) is 0 Å². The van der Waals surface area contributed by atoms with Crippen LogP contribution < -0.4 is 0 Å². The molecule has 104 valence electrons. The lowest BCUT2D eigenvalue weighted by molar-refractivity contribution is 0.112. The Balaban J connectivity index is 1.96. The number of phenolic OH excluding ortho intramolecular Hbond substituents is 2. The zero-order valence-corrected chi connectivity index (χ0v) is 10.6. The van der Waals surface area contributed by atoms with Crippen molar-refractivity contribution in [3.05, 3.63) is 35.9 Å². The average molecular weight is 283 g/mol. The maximum absolute atomic E-state index is 10.7. The number of aromatic nitrogens is 3. The Bertz CT molecular complexity index is 856. The molecule has 0 unspecified atom stereocenters. The first-order valence-corrected chi connectivity index (χ1v) is 5.91. The minimum atomic E-state index is -0.314. The lowest BCUT2D eigenvalue weighted by Crippen LogP contribution is -1.81. The van der Waals surface area contributed by atoms with Crippen molar-refractivity contribution in [1.29, 1.82) is 0 Å². The predicted molar refractivity (Wildman–Crippen MR) is 73.2 cm³/mol. The molecule has 1 aromatic heterocycles. The molecular weight excluding hydrogens is 274 g/mol. The highest BCUT2D eigenvalue weighted by Crippen LogP contribution is 2.33. The molecule has 0 spiro atoms. The van der Waals surface area contributed by atoms with Gasteiger partial charge in [-0.2, -0.15) is 5.11 Å². The van der Waals surface area contributed by atoms with Crippen LogP contribution >= 0.6 is 0 Å². The highest BCUT2D eigenvalue weighted by atomic mass is 16.3. The number of fused-ring (bicyclic) bond motifs is 1. The molecule has 0 bridgehead atoms. The third kappa shape index (κ3) is 2.41. The number of nitrogens with zero attached hydrogens (tertiary/aromatic N) is 4. The lowest BCUT2D eigenvalue weighted by atomic mass is 10.2. The molecule has 0 amide bonds. The summed E-state index contributed by atoms with van der Waals surface area (Å²) in [5, 5.41) is 37.1. The molecule has 0 aliphatic heterocycles. The summed E-state index contributed by atoms with van der Waals surface area (Å²) in [6.45, 7) is 0. The number of phenols is 2. The second kappa shape index (κ2) is 5.00. The fourth-order valence-corrected chi connectivity index (χ4v) is 1.76. The minimum Gasteiger partial charge on any atom is -0.507 e. The summed E-state index contributed by atoms with van der Waals surface area (Å²) in [5.41, 5.74) is 2.01. The van der Waals surface area contributed by atoms with Gasteiger partial charge in [-0.1, -0.05) is 5.21 Å². The Morgan fingerprint density at radius 3 is 2.76 bits per heavy atom. The van der Waals surface area contributed by atoms with Gasteiger partial charge in [0.2, 0.25) is 0 Å². The SMILES string of the molecule is O=Cc1cc(/N=N/c2ccc3[nH]nnc3c2)c(O)cc1O. The van der Waals surface area contributed by atoms with E-state index in [0.717, 1.165) is 11.6 Å². The van der Waals surface area contributed by atoms with Crippen molar-refractivity contribution >= 4 is 28.7 Å². The molecule has 0 atom stereocenters. The molecule has 3 rings (SSSR count). The highest BCUT2D eigenvalue weighted by molar-refractivity contribution is 5.82. The Morgan fingerprint density at radius 2 is 1.95 bits per heavy atom. The summed E-state index contributed by atoms with van der Waals surface area (Å²) in [5.74, 6) is -0.588. The number of azo groups is 1. The largest absolute Gasteiger partial charge is 0.507 e. The number of hydrogen-bond donors (Lipinski definition) is 3. The van der Waals surface area contributed by atoms with Crippen molar-refractivity contribution < 1.29 is 15.0 Å². The molecule has 0 aliphatic carbocycles. The van der Waals surface area contributed by atoms with Crippen LogP contribution in [-0.4, -0.2) is 31.9 Å². The molecule has 0 saturated heterocycles. The van der Waals surface area contributed by atoms with Gasteiger partial charge >= 0.3 is 0 Å².